The Morgan fingerprint density at radius 1 is 1.14 bits per heavy atom. The summed E-state index contributed by atoms with van der Waals surface area (Å²) >= 11 is 0. The van der Waals surface area contributed by atoms with E-state index in [4.69, 9.17) is 4.74 Å². The Bertz CT molecular complexity index is 474. The van der Waals surface area contributed by atoms with Gasteiger partial charge in [0, 0.05) is 31.9 Å². The van der Waals surface area contributed by atoms with E-state index in [-0.39, 0.29) is 12.0 Å². The van der Waals surface area contributed by atoms with Gasteiger partial charge >= 0.3 is 0 Å². The van der Waals surface area contributed by atoms with Crippen molar-refractivity contribution in [2.75, 3.05) is 31.1 Å². The first-order valence-corrected chi connectivity index (χ1v) is 8.56. The van der Waals surface area contributed by atoms with E-state index in [2.05, 4.69) is 34.5 Å². The number of carbonyl (C=O) groups is 1. The van der Waals surface area contributed by atoms with Crippen molar-refractivity contribution in [1.82, 2.24) is 5.32 Å². The van der Waals surface area contributed by atoms with Crippen molar-refractivity contribution in [3.8, 4) is 0 Å². The number of ether oxygens (including phenoxy) is 1. The molecule has 2 fully saturated rings. The van der Waals surface area contributed by atoms with Crippen LogP contribution in [0.4, 0.5) is 5.69 Å². The predicted molar refractivity (Wildman–Crippen MR) is 88.2 cm³/mol. The van der Waals surface area contributed by atoms with Crippen LogP contribution >= 0.6 is 0 Å². The van der Waals surface area contributed by atoms with E-state index in [0.29, 0.717) is 6.54 Å². The molecule has 1 aromatic rings. The Labute approximate surface area is 132 Å². The smallest absolute Gasteiger partial charge is 0.249 e. The van der Waals surface area contributed by atoms with Gasteiger partial charge in [-0.05, 0) is 56.2 Å². The average molecular weight is 302 g/mol. The van der Waals surface area contributed by atoms with Crippen LogP contribution in [0.1, 0.15) is 37.7 Å². The van der Waals surface area contributed by atoms with Crippen molar-refractivity contribution < 1.29 is 9.53 Å². The summed E-state index contributed by atoms with van der Waals surface area (Å²) in [6, 6.07) is 8.79. The van der Waals surface area contributed by atoms with E-state index in [0.717, 1.165) is 25.9 Å². The molecule has 4 heteroatoms. The van der Waals surface area contributed by atoms with Crippen molar-refractivity contribution >= 4 is 11.6 Å². The molecule has 2 heterocycles. The molecule has 1 atom stereocenters. The maximum Gasteiger partial charge on any atom is 0.249 e. The molecule has 1 unspecified atom stereocenters. The first-order valence-electron chi connectivity index (χ1n) is 8.56. The lowest BCUT2D eigenvalue weighted by Crippen LogP contribution is -2.35. The molecular formula is C18H26N2O2. The van der Waals surface area contributed by atoms with Gasteiger partial charge in [-0.3, -0.25) is 4.79 Å². The number of carbonyl (C=O) groups excluding carboxylic acids is 1. The molecule has 22 heavy (non-hydrogen) atoms. The van der Waals surface area contributed by atoms with Crippen LogP contribution in [0, 0.1) is 0 Å². The summed E-state index contributed by atoms with van der Waals surface area (Å²) in [5, 5.41) is 2.98. The quantitative estimate of drug-likeness (QED) is 0.908. The fourth-order valence-electron chi connectivity index (χ4n) is 3.25. The minimum absolute atomic E-state index is 0.0439. The van der Waals surface area contributed by atoms with Crippen LogP contribution in [0.2, 0.25) is 0 Å². The molecule has 2 saturated heterocycles. The van der Waals surface area contributed by atoms with Crippen molar-refractivity contribution in [2.24, 2.45) is 0 Å². The Hall–Kier alpha value is -1.55. The summed E-state index contributed by atoms with van der Waals surface area (Å²) in [5.41, 5.74) is 2.60. The van der Waals surface area contributed by atoms with Crippen LogP contribution in [0.3, 0.4) is 0 Å². The maximum absolute atomic E-state index is 11.9. The Balaban J connectivity index is 1.43. The third kappa shape index (κ3) is 4.01. The van der Waals surface area contributed by atoms with Gasteiger partial charge in [-0.25, -0.2) is 0 Å². The number of benzene rings is 1. The zero-order valence-corrected chi connectivity index (χ0v) is 13.2. The Morgan fingerprint density at radius 2 is 1.91 bits per heavy atom. The average Bonchev–Trinajstić information content (AvgIpc) is 3.11. The molecular weight excluding hydrogens is 276 g/mol. The number of nitrogens with zero attached hydrogens (tertiary/aromatic N) is 1. The van der Waals surface area contributed by atoms with Crippen LogP contribution in [0.15, 0.2) is 24.3 Å². The normalized spacial score (nSPS) is 21.8. The number of amides is 1. The highest BCUT2D eigenvalue weighted by atomic mass is 16.5. The molecule has 1 aromatic carbocycles. The number of hydrogen-bond acceptors (Lipinski definition) is 3. The second kappa shape index (κ2) is 7.63. The van der Waals surface area contributed by atoms with E-state index < -0.39 is 0 Å². The minimum Gasteiger partial charge on any atom is -0.372 e. The number of rotatable bonds is 5. The first-order chi connectivity index (χ1) is 10.8. The third-order valence-corrected chi connectivity index (χ3v) is 4.59. The third-order valence-electron chi connectivity index (χ3n) is 4.59. The number of piperidine rings is 1. The largest absolute Gasteiger partial charge is 0.372 e. The SMILES string of the molecule is O=C(NCCc1ccc(N2CCCCC2)cc1)C1CCCO1. The van der Waals surface area contributed by atoms with Crippen molar-refractivity contribution in [3.05, 3.63) is 29.8 Å². The summed E-state index contributed by atoms with van der Waals surface area (Å²) in [5.74, 6) is 0.0439. The van der Waals surface area contributed by atoms with Crippen LogP contribution in [0.5, 0.6) is 0 Å². The molecule has 0 aliphatic carbocycles. The molecule has 1 N–H and O–H groups in total. The van der Waals surface area contributed by atoms with E-state index in [1.165, 1.54) is 43.6 Å². The highest BCUT2D eigenvalue weighted by Gasteiger charge is 2.22. The molecule has 4 nitrogen and oxygen atoms in total. The first kappa shape index (κ1) is 15.3. The molecule has 2 aliphatic heterocycles. The molecule has 0 aromatic heterocycles. The van der Waals surface area contributed by atoms with Gasteiger partial charge in [-0.1, -0.05) is 12.1 Å². The molecule has 120 valence electrons. The fourth-order valence-corrected chi connectivity index (χ4v) is 3.25. The van der Waals surface area contributed by atoms with Gasteiger partial charge in [-0.15, -0.1) is 0 Å². The van der Waals surface area contributed by atoms with Gasteiger partial charge < -0.3 is 15.0 Å². The minimum atomic E-state index is -0.221. The van der Waals surface area contributed by atoms with Crippen molar-refractivity contribution in [2.45, 2.75) is 44.6 Å². The van der Waals surface area contributed by atoms with Crippen molar-refractivity contribution in [1.29, 1.82) is 0 Å². The monoisotopic (exact) mass is 302 g/mol. The van der Waals surface area contributed by atoms with Crippen LogP contribution < -0.4 is 10.2 Å². The summed E-state index contributed by atoms with van der Waals surface area (Å²) in [6.45, 7) is 3.76. The molecule has 0 saturated carbocycles. The maximum atomic E-state index is 11.9. The van der Waals surface area contributed by atoms with E-state index in [1.54, 1.807) is 0 Å². The van der Waals surface area contributed by atoms with E-state index in [1.807, 2.05) is 0 Å². The topological polar surface area (TPSA) is 41.6 Å². The van der Waals surface area contributed by atoms with E-state index >= 15 is 0 Å². The second-order valence-electron chi connectivity index (χ2n) is 6.26. The van der Waals surface area contributed by atoms with Crippen LogP contribution in [0.25, 0.3) is 0 Å². The van der Waals surface area contributed by atoms with Gasteiger partial charge in [0.05, 0.1) is 0 Å². The Morgan fingerprint density at radius 3 is 2.59 bits per heavy atom. The van der Waals surface area contributed by atoms with Crippen LogP contribution in [-0.4, -0.2) is 38.3 Å². The zero-order valence-electron chi connectivity index (χ0n) is 13.2. The molecule has 3 rings (SSSR count). The lowest BCUT2D eigenvalue weighted by molar-refractivity contribution is -0.129. The fraction of sp³-hybridized carbons (Fsp3) is 0.611. The van der Waals surface area contributed by atoms with Gasteiger partial charge in [0.2, 0.25) is 5.91 Å². The Kier molecular flexibility index (Phi) is 5.33. The van der Waals surface area contributed by atoms with Gasteiger partial charge in [0.15, 0.2) is 0 Å². The summed E-state index contributed by atoms with van der Waals surface area (Å²) in [7, 11) is 0. The lowest BCUT2D eigenvalue weighted by Gasteiger charge is -2.28. The van der Waals surface area contributed by atoms with Gasteiger partial charge in [0.1, 0.15) is 6.10 Å². The van der Waals surface area contributed by atoms with Gasteiger partial charge in [-0.2, -0.15) is 0 Å². The molecule has 2 aliphatic rings. The lowest BCUT2D eigenvalue weighted by atomic mass is 10.1. The molecule has 1 amide bonds. The number of nitrogens with one attached hydrogen (secondary N) is 1. The van der Waals surface area contributed by atoms with E-state index in [9.17, 15) is 4.79 Å². The highest BCUT2D eigenvalue weighted by molar-refractivity contribution is 5.80. The number of hydrogen-bond donors (Lipinski definition) is 1. The predicted octanol–water partition coefficient (Wildman–Crippen LogP) is 2.51. The standard InChI is InChI=1S/C18H26N2O2/c21-18(17-5-4-14-22-17)19-11-10-15-6-8-16(9-7-15)20-12-2-1-3-13-20/h6-9,17H,1-5,10-14H2,(H,19,21). The van der Waals surface area contributed by atoms with Crippen molar-refractivity contribution in [3.63, 3.8) is 0 Å². The highest BCUT2D eigenvalue weighted by Crippen LogP contribution is 2.20. The zero-order chi connectivity index (χ0) is 15.2. The summed E-state index contributed by atoms with van der Waals surface area (Å²) < 4.78 is 5.38. The summed E-state index contributed by atoms with van der Waals surface area (Å²) in [4.78, 5) is 14.3. The molecule has 0 radical (unpaired) electrons. The second-order valence-corrected chi connectivity index (χ2v) is 6.26. The van der Waals surface area contributed by atoms with Gasteiger partial charge in [0.25, 0.3) is 0 Å². The molecule has 0 bridgehead atoms. The summed E-state index contributed by atoms with van der Waals surface area (Å²) in [6.07, 6.45) is 6.47. The van der Waals surface area contributed by atoms with Crippen LogP contribution in [-0.2, 0) is 16.0 Å². The number of anilines is 1. The molecule has 0 spiro atoms.